The molecule has 0 aliphatic carbocycles. The summed E-state index contributed by atoms with van der Waals surface area (Å²) in [6, 6.07) is 3.62. The van der Waals surface area contributed by atoms with Crippen molar-refractivity contribution in [3.63, 3.8) is 0 Å². The van der Waals surface area contributed by atoms with Crippen LogP contribution in [0.4, 0.5) is 0 Å². The minimum atomic E-state index is -1.04. The standard InChI is InChI=1S/C9H12N2O3S/c1-2-6(9(12)13)14-11-8(10)7-4-3-5-15-7/h3-6H,2H2,1H3,(H2,10,11)(H,12,13). The number of oxime groups is 1. The molecule has 0 amide bonds. The number of carbonyl (C=O) groups is 1. The molecule has 0 aliphatic heterocycles. The van der Waals surface area contributed by atoms with Crippen LogP contribution in [0.2, 0.25) is 0 Å². The van der Waals surface area contributed by atoms with Crippen LogP contribution in [0.5, 0.6) is 0 Å². The minimum absolute atomic E-state index is 0.199. The van der Waals surface area contributed by atoms with E-state index in [0.717, 1.165) is 4.88 Å². The maximum Gasteiger partial charge on any atom is 0.347 e. The van der Waals surface area contributed by atoms with E-state index in [1.807, 2.05) is 11.4 Å². The Kier molecular flexibility index (Phi) is 4.11. The summed E-state index contributed by atoms with van der Waals surface area (Å²) in [7, 11) is 0. The van der Waals surface area contributed by atoms with Crippen molar-refractivity contribution in [1.82, 2.24) is 0 Å². The van der Waals surface area contributed by atoms with E-state index in [4.69, 9.17) is 15.7 Å². The lowest BCUT2D eigenvalue weighted by atomic mass is 10.3. The van der Waals surface area contributed by atoms with Gasteiger partial charge in [-0.05, 0) is 17.9 Å². The number of thiophene rings is 1. The zero-order valence-electron chi connectivity index (χ0n) is 8.21. The van der Waals surface area contributed by atoms with Gasteiger partial charge >= 0.3 is 5.97 Å². The zero-order valence-corrected chi connectivity index (χ0v) is 9.03. The molecule has 0 saturated carbocycles. The van der Waals surface area contributed by atoms with Crippen LogP contribution in [-0.4, -0.2) is 23.0 Å². The molecule has 6 heteroatoms. The van der Waals surface area contributed by atoms with Crippen LogP contribution in [0.3, 0.4) is 0 Å². The maximum absolute atomic E-state index is 10.6. The van der Waals surface area contributed by atoms with Crippen molar-refractivity contribution in [2.45, 2.75) is 19.4 Å². The van der Waals surface area contributed by atoms with Crippen molar-refractivity contribution >= 4 is 23.1 Å². The summed E-state index contributed by atoms with van der Waals surface area (Å²) in [5.41, 5.74) is 5.59. The molecule has 0 bridgehead atoms. The number of nitrogens with two attached hydrogens (primary N) is 1. The van der Waals surface area contributed by atoms with Gasteiger partial charge in [-0.25, -0.2) is 4.79 Å². The summed E-state index contributed by atoms with van der Waals surface area (Å²) >= 11 is 1.42. The third-order valence-corrected chi connectivity index (χ3v) is 2.59. The first kappa shape index (κ1) is 11.5. The molecule has 82 valence electrons. The number of carboxylic acids is 1. The molecule has 0 aliphatic rings. The summed E-state index contributed by atoms with van der Waals surface area (Å²) < 4.78 is 0. The van der Waals surface area contributed by atoms with Crippen molar-refractivity contribution in [2.75, 3.05) is 0 Å². The quantitative estimate of drug-likeness (QED) is 0.451. The van der Waals surface area contributed by atoms with Gasteiger partial charge in [-0.1, -0.05) is 18.1 Å². The van der Waals surface area contributed by atoms with Gasteiger partial charge in [0.25, 0.3) is 0 Å². The van der Waals surface area contributed by atoms with E-state index in [0.29, 0.717) is 6.42 Å². The van der Waals surface area contributed by atoms with E-state index in [2.05, 4.69) is 5.16 Å². The fourth-order valence-corrected chi connectivity index (χ4v) is 1.50. The number of aliphatic carboxylic acids is 1. The highest BCUT2D eigenvalue weighted by molar-refractivity contribution is 7.12. The van der Waals surface area contributed by atoms with Crippen molar-refractivity contribution < 1.29 is 14.7 Å². The number of nitrogens with zero attached hydrogens (tertiary/aromatic N) is 1. The molecule has 0 fully saturated rings. The van der Waals surface area contributed by atoms with Crippen LogP contribution >= 0.6 is 11.3 Å². The third-order valence-electron chi connectivity index (χ3n) is 1.70. The third kappa shape index (κ3) is 3.25. The Morgan fingerprint density at radius 1 is 1.80 bits per heavy atom. The van der Waals surface area contributed by atoms with Gasteiger partial charge in [0.2, 0.25) is 6.10 Å². The predicted molar refractivity (Wildman–Crippen MR) is 57.8 cm³/mol. The lowest BCUT2D eigenvalue weighted by Crippen LogP contribution is -2.22. The fourth-order valence-electron chi connectivity index (χ4n) is 0.884. The predicted octanol–water partition coefficient (Wildman–Crippen LogP) is 1.25. The van der Waals surface area contributed by atoms with Crippen LogP contribution in [0.25, 0.3) is 0 Å². The Hall–Kier alpha value is -1.56. The first-order valence-corrected chi connectivity index (χ1v) is 5.29. The lowest BCUT2D eigenvalue weighted by molar-refractivity contribution is -0.150. The van der Waals surface area contributed by atoms with Gasteiger partial charge in [0.1, 0.15) is 0 Å². The molecule has 15 heavy (non-hydrogen) atoms. The van der Waals surface area contributed by atoms with Gasteiger partial charge in [0.15, 0.2) is 5.84 Å². The van der Waals surface area contributed by atoms with Gasteiger partial charge in [0.05, 0.1) is 4.88 Å². The van der Waals surface area contributed by atoms with Crippen LogP contribution in [-0.2, 0) is 9.63 Å². The highest BCUT2D eigenvalue weighted by Gasteiger charge is 2.16. The molecule has 1 unspecified atom stereocenters. The van der Waals surface area contributed by atoms with E-state index in [1.165, 1.54) is 11.3 Å². The van der Waals surface area contributed by atoms with E-state index in [1.54, 1.807) is 13.0 Å². The molecule has 1 aromatic rings. The zero-order chi connectivity index (χ0) is 11.3. The highest BCUT2D eigenvalue weighted by Crippen LogP contribution is 2.08. The molecule has 0 radical (unpaired) electrons. The first-order chi connectivity index (χ1) is 7.15. The van der Waals surface area contributed by atoms with Crippen LogP contribution in [0.15, 0.2) is 22.7 Å². The molecule has 3 N–H and O–H groups in total. The van der Waals surface area contributed by atoms with Gasteiger partial charge in [-0.3, -0.25) is 0 Å². The second-order valence-electron chi connectivity index (χ2n) is 2.79. The number of hydrogen-bond donors (Lipinski definition) is 2. The maximum atomic E-state index is 10.6. The van der Waals surface area contributed by atoms with Gasteiger partial charge in [-0.2, -0.15) is 0 Å². The van der Waals surface area contributed by atoms with Crippen LogP contribution in [0.1, 0.15) is 18.2 Å². The topological polar surface area (TPSA) is 84.9 Å². The Balaban J connectivity index is 2.61. The average Bonchev–Trinajstić information content (AvgIpc) is 2.70. The van der Waals surface area contributed by atoms with Crippen molar-refractivity contribution in [1.29, 1.82) is 0 Å². The van der Waals surface area contributed by atoms with Crippen LogP contribution in [0, 0.1) is 0 Å². The van der Waals surface area contributed by atoms with Crippen molar-refractivity contribution in [3.8, 4) is 0 Å². The summed E-state index contributed by atoms with van der Waals surface area (Å²) in [5, 5.41) is 14.1. The molecule has 1 atom stereocenters. The van der Waals surface area contributed by atoms with Crippen molar-refractivity contribution in [2.24, 2.45) is 10.9 Å². The summed E-state index contributed by atoms with van der Waals surface area (Å²) in [4.78, 5) is 16.2. The molecule has 1 aromatic heterocycles. The fraction of sp³-hybridized carbons (Fsp3) is 0.333. The van der Waals surface area contributed by atoms with E-state index >= 15 is 0 Å². The number of carboxylic acid groups (broad SMARTS) is 1. The Morgan fingerprint density at radius 3 is 3.00 bits per heavy atom. The second-order valence-corrected chi connectivity index (χ2v) is 3.74. The minimum Gasteiger partial charge on any atom is -0.478 e. The van der Waals surface area contributed by atoms with E-state index < -0.39 is 12.1 Å². The molecule has 0 saturated heterocycles. The Bertz CT molecular complexity index is 348. The monoisotopic (exact) mass is 228 g/mol. The average molecular weight is 228 g/mol. The normalized spacial score (nSPS) is 13.5. The Morgan fingerprint density at radius 2 is 2.53 bits per heavy atom. The molecule has 1 rings (SSSR count). The molecule has 0 spiro atoms. The highest BCUT2D eigenvalue weighted by atomic mass is 32.1. The molecule has 0 aromatic carbocycles. The SMILES string of the molecule is CCC(ON=C(N)c1cccs1)C(=O)O. The molecular formula is C9H12N2O3S. The smallest absolute Gasteiger partial charge is 0.347 e. The van der Waals surface area contributed by atoms with Gasteiger partial charge in [0, 0.05) is 0 Å². The lowest BCUT2D eigenvalue weighted by Gasteiger charge is -2.07. The number of hydrogen-bond acceptors (Lipinski definition) is 4. The second kappa shape index (κ2) is 5.35. The largest absolute Gasteiger partial charge is 0.478 e. The number of rotatable bonds is 5. The summed E-state index contributed by atoms with van der Waals surface area (Å²) in [5.74, 6) is -0.843. The van der Waals surface area contributed by atoms with E-state index in [-0.39, 0.29) is 5.84 Å². The number of amidine groups is 1. The van der Waals surface area contributed by atoms with Crippen molar-refractivity contribution in [3.05, 3.63) is 22.4 Å². The van der Waals surface area contributed by atoms with Gasteiger partial charge in [-0.15, -0.1) is 11.3 Å². The molecular weight excluding hydrogens is 216 g/mol. The molecule has 1 heterocycles. The Labute approximate surface area is 91.2 Å². The van der Waals surface area contributed by atoms with Gasteiger partial charge < -0.3 is 15.7 Å². The first-order valence-electron chi connectivity index (χ1n) is 4.41. The summed E-state index contributed by atoms with van der Waals surface area (Å²) in [6.07, 6.45) is -0.597. The molecule has 5 nitrogen and oxygen atoms in total. The van der Waals surface area contributed by atoms with E-state index in [9.17, 15) is 4.79 Å². The van der Waals surface area contributed by atoms with Crippen LogP contribution < -0.4 is 5.73 Å². The summed E-state index contributed by atoms with van der Waals surface area (Å²) in [6.45, 7) is 1.70.